The summed E-state index contributed by atoms with van der Waals surface area (Å²) in [6.45, 7) is 2.78. The third-order valence-electron chi connectivity index (χ3n) is 3.18. The summed E-state index contributed by atoms with van der Waals surface area (Å²) >= 11 is 6.09. The van der Waals surface area contributed by atoms with Crippen molar-refractivity contribution in [1.82, 2.24) is 0 Å². The summed E-state index contributed by atoms with van der Waals surface area (Å²) in [7, 11) is 0. The third kappa shape index (κ3) is 3.31. The third-order valence-corrected chi connectivity index (χ3v) is 3.50. The highest BCUT2D eigenvalue weighted by atomic mass is 35.5. The molecule has 0 unspecified atom stereocenters. The Morgan fingerprint density at radius 2 is 1.90 bits per heavy atom. The smallest absolute Gasteiger partial charge is 0.335 e. The summed E-state index contributed by atoms with van der Waals surface area (Å²) in [6.07, 6.45) is 0.976. The number of carboxylic acids is 1. The number of halogens is 1. The maximum Gasteiger partial charge on any atom is 0.335 e. The summed E-state index contributed by atoms with van der Waals surface area (Å²) < 4.78 is 0. The van der Waals surface area contributed by atoms with E-state index in [1.54, 1.807) is 12.1 Å². The summed E-state index contributed by atoms with van der Waals surface area (Å²) in [5, 5.41) is 12.6. The monoisotopic (exact) mass is 289 g/mol. The van der Waals surface area contributed by atoms with E-state index < -0.39 is 5.97 Å². The average molecular weight is 290 g/mol. The summed E-state index contributed by atoms with van der Waals surface area (Å²) in [6, 6.07) is 12.9. The Balaban J connectivity index is 2.13. The van der Waals surface area contributed by atoms with Gasteiger partial charge in [-0.3, -0.25) is 0 Å². The van der Waals surface area contributed by atoms with Crippen LogP contribution < -0.4 is 5.32 Å². The van der Waals surface area contributed by atoms with Crippen molar-refractivity contribution in [2.24, 2.45) is 0 Å². The summed E-state index contributed by atoms with van der Waals surface area (Å²) in [5.74, 6) is -0.977. The molecule has 0 saturated carbocycles. The lowest BCUT2D eigenvalue weighted by Gasteiger charge is -2.12. The van der Waals surface area contributed by atoms with E-state index in [4.69, 9.17) is 16.7 Å². The minimum Gasteiger partial charge on any atom is -0.478 e. The molecule has 3 nitrogen and oxygen atoms in total. The molecule has 2 N–H and O–H groups in total. The first-order valence-corrected chi connectivity index (χ1v) is 6.83. The number of aryl methyl sites for hydroxylation is 1. The molecule has 0 bridgehead atoms. The zero-order valence-electron chi connectivity index (χ0n) is 11.2. The van der Waals surface area contributed by atoms with Crippen LogP contribution in [0.2, 0.25) is 5.02 Å². The number of hydrogen-bond donors (Lipinski definition) is 2. The van der Waals surface area contributed by atoms with Crippen molar-refractivity contribution in [3.05, 3.63) is 64.2 Å². The molecule has 0 spiro atoms. The first kappa shape index (κ1) is 14.4. The molecule has 0 aliphatic carbocycles. The minimum atomic E-state index is -0.977. The number of hydrogen-bond acceptors (Lipinski definition) is 2. The number of benzene rings is 2. The average Bonchev–Trinajstić information content (AvgIpc) is 2.46. The van der Waals surface area contributed by atoms with Crippen LogP contribution in [0.1, 0.15) is 28.4 Å². The Morgan fingerprint density at radius 1 is 1.20 bits per heavy atom. The number of carbonyl (C=O) groups is 1. The first-order valence-electron chi connectivity index (χ1n) is 6.45. The predicted molar refractivity (Wildman–Crippen MR) is 81.6 cm³/mol. The summed E-state index contributed by atoms with van der Waals surface area (Å²) in [4.78, 5) is 10.8. The van der Waals surface area contributed by atoms with Crippen LogP contribution in [0.15, 0.2) is 42.5 Å². The molecular weight excluding hydrogens is 274 g/mol. The van der Waals surface area contributed by atoms with Crippen LogP contribution in [0.4, 0.5) is 5.69 Å². The van der Waals surface area contributed by atoms with Crippen LogP contribution in [0.5, 0.6) is 0 Å². The van der Waals surface area contributed by atoms with Crippen LogP contribution in [-0.4, -0.2) is 11.1 Å². The Labute approximate surface area is 123 Å². The van der Waals surface area contributed by atoms with E-state index in [2.05, 4.69) is 24.4 Å². The van der Waals surface area contributed by atoms with Crippen molar-refractivity contribution < 1.29 is 9.90 Å². The van der Waals surface area contributed by atoms with Gasteiger partial charge in [0.2, 0.25) is 0 Å². The molecule has 0 amide bonds. The number of nitrogens with one attached hydrogen (secondary N) is 1. The van der Waals surface area contributed by atoms with Gasteiger partial charge in [0.15, 0.2) is 0 Å². The van der Waals surface area contributed by atoms with Crippen LogP contribution in [0, 0.1) is 0 Å². The molecule has 0 aromatic heterocycles. The van der Waals surface area contributed by atoms with E-state index in [9.17, 15) is 4.79 Å². The highest BCUT2D eigenvalue weighted by Gasteiger charge is 2.07. The number of carboxylic acid groups (broad SMARTS) is 1. The molecule has 0 radical (unpaired) electrons. The van der Waals surface area contributed by atoms with Crippen LogP contribution in [0.25, 0.3) is 0 Å². The molecule has 0 fully saturated rings. The standard InChI is InChI=1S/C16H16ClNO2/c1-2-11-5-3-4-6-13(11)10-18-15-8-7-12(16(19)20)9-14(15)17/h3-9,18H,2,10H2,1H3,(H,19,20). The maximum atomic E-state index is 10.8. The quantitative estimate of drug-likeness (QED) is 0.867. The van der Waals surface area contributed by atoms with Gasteiger partial charge >= 0.3 is 5.97 Å². The second-order valence-electron chi connectivity index (χ2n) is 4.48. The van der Waals surface area contributed by atoms with Gasteiger partial charge in [-0.1, -0.05) is 42.8 Å². The molecule has 0 atom stereocenters. The van der Waals surface area contributed by atoms with E-state index in [0.717, 1.165) is 12.1 Å². The highest BCUT2D eigenvalue weighted by Crippen LogP contribution is 2.24. The normalized spacial score (nSPS) is 10.3. The molecule has 0 saturated heterocycles. The number of rotatable bonds is 5. The molecule has 4 heteroatoms. The molecule has 2 rings (SSSR count). The van der Waals surface area contributed by atoms with Crippen LogP contribution >= 0.6 is 11.6 Å². The Morgan fingerprint density at radius 3 is 2.50 bits per heavy atom. The van der Waals surface area contributed by atoms with Crippen molar-refractivity contribution in [3.8, 4) is 0 Å². The largest absolute Gasteiger partial charge is 0.478 e. The molecule has 0 heterocycles. The van der Waals surface area contributed by atoms with Gasteiger partial charge in [-0.25, -0.2) is 4.79 Å². The Bertz CT molecular complexity index is 626. The zero-order chi connectivity index (χ0) is 14.5. The maximum absolute atomic E-state index is 10.8. The van der Waals surface area contributed by atoms with E-state index >= 15 is 0 Å². The fourth-order valence-corrected chi connectivity index (χ4v) is 2.30. The molecule has 0 aliphatic rings. The lowest BCUT2D eigenvalue weighted by molar-refractivity contribution is 0.0697. The van der Waals surface area contributed by atoms with Gasteiger partial charge < -0.3 is 10.4 Å². The lowest BCUT2D eigenvalue weighted by Crippen LogP contribution is -2.04. The van der Waals surface area contributed by atoms with Crippen molar-refractivity contribution in [1.29, 1.82) is 0 Å². The van der Waals surface area contributed by atoms with Crippen molar-refractivity contribution >= 4 is 23.3 Å². The molecule has 104 valence electrons. The van der Waals surface area contributed by atoms with E-state index in [1.165, 1.54) is 17.2 Å². The van der Waals surface area contributed by atoms with Crippen molar-refractivity contribution in [3.63, 3.8) is 0 Å². The molecule has 0 aliphatic heterocycles. The molecule has 2 aromatic rings. The van der Waals surface area contributed by atoms with E-state index in [0.29, 0.717) is 11.6 Å². The van der Waals surface area contributed by atoms with Gasteiger partial charge in [0.1, 0.15) is 0 Å². The van der Waals surface area contributed by atoms with Crippen LogP contribution in [0.3, 0.4) is 0 Å². The zero-order valence-corrected chi connectivity index (χ0v) is 11.9. The number of anilines is 1. The molecular formula is C16H16ClNO2. The summed E-state index contributed by atoms with van der Waals surface area (Å²) in [5.41, 5.74) is 3.43. The SMILES string of the molecule is CCc1ccccc1CNc1ccc(C(=O)O)cc1Cl. The Kier molecular flexibility index (Phi) is 4.64. The minimum absolute atomic E-state index is 0.189. The topological polar surface area (TPSA) is 49.3 Å². The second kappa shape index (κ2) is 6.44. The second-order valence-corrected chi connectivity index (χ2v) is 4.88. The van der Waals surface area contributed by atoms with Gasteiger partial charge in [0.05, 0.1) is 16.3 Å². The van der Waals surface area contributed by atoms with Crippen molar-refractivity contribution in [2.45, 2.75) is 19.9 Å². The number of aromatic carboxylic acids is 1. The van der Waals surface area contributed by atoms with Crippen LogP contribution in [-0.2, 0) is 13.0 Å². The van der Waals surface area contributed by atoms with Gasteiger partial charge in [-0.15, -0.1) is 0 Å². The first-order chi connectivity index (χ1) is 9.61. The Hall–Kier alpha value is -2.00. The molecule has 2 aromatic carbocycles. The lowest BCUT2D eigenvalue weighted by atomic mass is 10.1. The van der Waals surface area contributed by atoms with Gasteiger partial charge in [-0.2, -0.15) is 0 Å². The fourth-order valence-electron chi connectivity index (χ4n) is 2.06. The van der Waals surface area contributed by atoms with Gasteiger partial charge in [-0.05, 0) is 35.7 Å². The molecule has 20 heavy (non-hydrogen) atoms. The predicted octanol–water partition coefficient (Wildman–Crippen LogP) is 4.21. The van der Waals surface area contributed by atoms with Crippen molar-refractivity contribution in [2.75, 3.05) is 5.32 Å². The fraction of sp³-hybridized carbons (Fsp3) is 0.188. The van der Waals surface area contributed by atoms with E-state index in [1.807, 2.05) is 12.1 Å². The van der Waals surface area contributed by atoms with Gasteiger partial charge in [0, 0.05) is 6.54 Å². The van der Waals surface area contributed by atoms with Gasteiger partial charge in [0.25, 0.3) is 0 Å². The van der Waals surface area contributed by atoms with E-state index in [-0.39, 0.29) is 5.56 Å². The highest BCUT2D eigenvalue weighted by molar-refractivity contribution is 6.33.